The number of hydrogen-bond acceptors (Lipinski definition) is 2. The van der Waals surface area contributed by atoms with Crippen LogP contribution in [0.1, 0.15) is 51.0 Å². The molecule has 2 aromatic rings. The molecule has 2 rings (SSSR count). The number of imidazole rings is 1. The summed E-state index contributed by atoms with van der Waals surface area (Å²) in [6.45, 7) is 5.36. The standard InChI is InChI=1S/C16H25N3/c1-3-4-5-6-7-8-12-19-15-13(2)10-9-11-14(15)18-16(19)17/h9-11H,3-8,12H2,1-2H3,(H2,17,18). The number of benzene rings is 1. The van der Waals surface area contributed by atoms with Gasteiger partial charge < -0.3 is 10.3 Å². The number of unbranched alkanes of at least 4 members (excludes halogenated alkanes) is 5. The van der Waals surface area contributed by atoms with Gasteiger partial charge in [0, 0.05) is 6.54 Å². The summed E-state index contributed by atoms with van der Waals surface area (Å²) in [4.78, 5) is 4.44. The van der Waals surface area contributed by atoms with E-state index in [0.717, 1.165) is 12.1 Å². The largest absolute Gasteiger partial charge is 0.369 e. The molecule has 0 bridgehead atoms. The first kappa shape index (κ1) is 13.9. The lowest BCUT2D eigenvalue weighted by molar-refractivity contribution is 0.566. The van der Waals surface area contributed by atoms with Crippen LogP contribution >= 0.6 is 0 Å². The molecule has 0 saturated heterocycles. The van der Waals surface area contributed by atoms with Crippen molar-refractivity contribution in [2.45, 2.75) is 58.9 Å². The van der Waals surface area contributed by atoms with Gasteiger partial charge in [0.2, 0.25) is 5.95 Å². The van der Waals surface area contributed by atoms with Gasteiger partial charge in [0.1, 0.15) is 0 Å². The highest BCUT2D eigenvalue weighted by Gasteiger charge is 2.09. The molecule has 0 amide bonds. The van der Waals surface area contributed by atoms with Crippen LogP contribution in [0.4, 0.5) is 5.95 Å². The maximum Gasteiger partial charge on any atom is 0.201 e. The van der Waals surface area contributed by atoms with Crippen molar-refractivity contribution in [3.63, 3.8) is 0 Å². The molecule has 1 aromatic heterocycles. The monoisotopic (exact) mass is 259 g/mol. The molecule has 104 valence electrons. The molecule has 3 nitrogen and oxygen atoms in total. The van der Waals surface area contributed by atoms with Crippen molar-refractivity contribution in [3.8, 4) is 0 Å². The molecule has 0 saturated carbocycles. The summed E-state index contributed by atoms with van der Waals surface area (Å²) in [6, 6.07) is 6.21. The van der Waals surface area contributed by atoms with Crippen LogP contribution in [0, 0.1) is 6.92 Å². The van der Waals surface area contributed by atoms with Gasteiger partial charge in [0.05, 0.1) is 11.0 Å². The number of rotatable bonds is 7. The van der Waals surface area contributed by atoms with E-state index in [0.29, 0.717) is 5.95 Å². The highest BCUT2D eigenvalue weighted by molar-refractivity contribution is 5.81. The summed E-state index contributed by atoms with van der Waals surface area (Å²) >= 11 is 0. The van der Waals surface area contributed by atoms with Crippen LogP contribution in [-0.4, -0.2) is 9.55 Å². The number of anilines is 1. The van der Waals surface area contributed by atoms with E-state index in [1.807, 2.05) is 12.1 Å². The number of fused-ring (bicyclic) bond motifs is 1. The van der Waals surface area contributed by atoms with Crippen LogP contribution in [-0.2, 0) is 6.54 Å². The number of nitrogens with zero attached hydrogens (tertiary/aromatic N) is 2. The minimum absolute atomic E-state index is 0.651. The van der Waals surface area contributed by atoms with E-state index in [2.05, 4.69) is 29.5 Å². The Labute approximate surface area is 115 Å². The van der Waals surface area contributed by atoms with Crippen LogP contribution < -0.4 is 5.73 Å². The Balaban J connectivity index is 1.98. The summed E-state index contributed by atoms with van der Waals surface area (Å²) < 4.78 is 2.17. The van der Waals surface area contributed by atoms with E-state index in [1.54, 1.807) is 0 Å². The Morgan fingerprint density at radius 3 is 2.63 bits per heavy atom. The highest BCUT2D eigenvalue weighted by atomic mass is 15.1. The first-order valence-electron chi connectivity index (χ1n) is 7.45. The molecule has 0 aliphatic heterocycles. The quantitative estimate of drug-likeness (QED) is 0.754. The molecular formula is C16H25N3. The van der Waals surface area contributed by atoms with E-state index in [9.17, 15) is 0 Å². The summed E-state index contributed by atoms with van der Waals surface area (Å²) in [5.74, 6) is 0.651. The maximum absolute atomic E-state index is 6.04. The predicted octanol–water partition coefficient (Wildman–Crippen LogP) is 4.29. The molecule has 0 aliphatic carbocycles. The van der Waals surface area contributed by atoms with Crippen molar-refractivity contribution in [3.05, 3.63) is 23.8 Å². The number of nitrogens with two attached hydrogens (primary N) is 1. The normalized spacial score (nSPS) is 11.3. The molecule has 0 fully saturated rings. The molecule has 19 heavy (non-hydrogen) atoms. The number of nitrogen functional groups attached to an aromatic ring is 1. The van der Waals surface area contributed by atoms with Gasteiger partial charge in [-0.15, -0.1) is 0 Å². The zero-order valence-electron chi connectivity index (χ0n) is 12.2. The average Bonchev–Trinajstić information content (AvgIpc) is 2.71. The van der Waals surface area contributed by atoms with Crippen molar-refractivity contribution < 1.29 is 0 Å². The molecule has 3 heteroatoms. The van der Waals surface area contributed by atoms with Crippen molar-refractivity contribution in [2.24, 2.45) is 0 Å². The molecule has 0 aliphatic rings. The second kappa shape index (κ2) is 6.60. The third kappa shape index (κ3) is 3.28. The fraction of sp³-hybridized carbons (Fsp3) is 0.562. The van der Waals surface area contributed by atoms with E-state index in [4.69, 9.17) is 5.73 Å². The van der Waals surface area contributed by atoms with E-state index < -0.39 is 0 Å². The van der Waals surface area contributed by atoms with Gasteiger partial charge in [0.15, 0.2) is 0 Å². The van der Waals surface area contributed by atoms with Crippen LogP contribution in [0.2, 0.25) is 0 Å². The Morgan fingerprint density at radius 2 is 1.84 bits per heavy atom. The van der Waals surface area contributed by atoms with E-state index >= 15 is 0 Å². The topological polar surface area (TPSA) is 43.8 Å². The predicted molar refractivity (Wildman–Crippen MR) is 82.3 cm³/mol. The maximum atomic E-state index is 6.04. The molecule has 2 N–H and O–H groups in total. The molecular weight excluding hydrogens is 234 g/mol. The molecule has 0 unspecified atom stereocenters. The molecule has 1 aromatic carbocycles. The summed E-state index contributed by atoms with van der Waals surface area (Å²) in [5, 5.41) is 0. The van der Waals surface area contributed by atoms with Gasteiger partial charge >= 0.3 is 0 Å². The van der Waals surface area contributed by atoms with Crippen molar-refractivity contribution in [1.82, 2.24) is 9.55 Å². The van der Waals surface area contributed by atoms with Crippen LogP contribution in [0.5, 0.6) is 0 Å². The minimum atomic E-state index is 0.651. The first-order valence-corrected chi connectivity index (χ1v) is 7.45. The zero-order valence-corrected chi connectivity index (χ0v) is 12.2. The van der Waals surface area contributed by atoms with Crippen molar-refractivity contribution in [2.75, 3.05) is 5.73 Å². The van der Waals surface area contributed by atoms with Gasteiger partial charge in [-0.2, -0.15) is 0 Å². The zero-order chi connectivity index (χ0) is 13.7. The number of para-hydroxylation sites is 1. The number of aromatic nitrogens is 2. The Bertz CT molecular complexity index is 528. The lowest BCUT2D eigenvalue weighted by Gasteiger charge is -2.08. The van der Waals surface area contributed by atoms with Gasteiger partial charge in [-0.05, 0) is 25.0 Å². The Morgan fingerprint density at radius 1 is 1.11 bits per heavy atom. The van der Waals surface area contributed by atoms with Crippen LogP contribution in [0.25, 0.3) is 11.0 Å². The SMILES string of the molecule is CCCCCCCCn1c(N)nc2cccc(C)c21. The third-order valence-electron chi connectivity index (χ3n) is 3.73. The molecule has 1 heterocycles. The third-order valence-corrected chi connectivity index (χ3v) is 3.73. The number of hydrogen-bond donors (Lipinski definition) is 1. The Hall–Kier alpha value is -1.51. The van der Waals surface area contributed by atoms with Gasteiger partial charge in [-0.3, -0.25) is 0 Å². The van der Waals surface area contributed by atoms with E-state index in [-0.39, 0.29) is 0 Å². The van der Waals surface area contributed by atoms with Gasteiger partial charge in [-0.1, -0.05) is 51.2 Å². The smallest absolute Gasteiger partial charge is 0.201 e. The lowest BCUT2D eigenvalue weighted by Crippen LogP contribution is -2.04. The minimum Gasteiger partial charge on any atom is -0.369 e. The average molecular weight is 259 g/mol. The summed E-state index contributed by atoms with van der Waals surface area (Å²) in [5.41, 5.74) is 9.51. The fourth-order valence-corrected chi connectivity index (χ4v) is 2.66. The highest BCUT2D eigenvalue weighted by Crippen LogP contribution is 2.22. The lowest BCUT2D eigenvalue weighted by atomic mass is 10.1. The van der Waals surface area contributed by atoms with Gasteiger partial charge in [0.25, 0.3) is 0 Å². The second-order valence-corrected chi connectivity index (χ2v) is 5.33. The number of aryl methyl sites for hydroxylation is 2. The van der Waals surface area contributed by atoms with Gasteiger partial charge in [-0.25, -0.2) is 4.98 Å². The van der Waals surface area contributed by atoms with Crippen LogP contribution in [0.3, 0.4) is 0 Å². The molecule has 0 radical (unpaired) electrons. The fourth-order valence-electron chi connectivity index (χ4n) is 2.66. The van der Waals surface area contributed by atoms with Crippen molar-refractivity contribution >= 4 is 17.0 Å². The van der Waals surface area contributed by atoms with Crippen LogP contribution in [0.15, 0.2) is 18.2 Å². The van der Waals surface area contributed by atoms with Crippen molar-refractivity contribution in [1.29, 1.82) is 0 Å². The molecule has 0 spiro atoms. The Kier molecular flexibility index (Phi) is 4.83. The van der Waals surface area contributed by atoms with E-state index in [1.165, 1.54) is 49.6 Å². The summed E-state index contributed by atoms with van der Waals surface area (Å²) in [7, 11) is 0. The second-order valence-electron chi connectivity index (χ2n) is 5.33. The molecule has 0 atom stereocenters. The first-order chi connectivity index (χ1) is 9.24. The summed E-state index contributed by atoms with van der Waals surface area (Å²) in [6.07, 6.45) is 7.82.